The minimum absolute atomic E-state index is 0.283. The number of nitrogens with zero attached hydrogens (tertiary/aromatic N) is 2. The van der Waals surface area contributed by atoms with E-state index < -0.39 is 6.43 Å². The first-order valence-electron chi connectivity index (χ1n) is 4.47. The Morgan fingerprint density at radius 3 is 2.62 bits per heavy atom. The van der Waals surface area contributed by atoms with Crippen molar-refractivity contribution in [3.05, 3.63) is 41.2 Å². The van der Waals surface area contributed by atoms with Gasteiger partial charge in [0, 0.05) is 11.2 Å². The van der Waals surface area contributed by atoms with E-state index in [-0.39, 0.29) is 5.69 Å². The Morgan fingerprint density at radius 1 is 1.31 bits per heavy atom. The molecule has 0 bridgehead atoms. The second kappa shape index (κ2) is 4.09. The molecule has 0 aliphatic carbocycles. The number of nitrogens with two attached hydrogens (primary N) is 1. The molecular formula is C10H8ClF2N3. The van der Waals surface area contributed by atoms with E-state index in [0.29, 0.717) is 16.4 Å². The highest BCUT2D eigenvalue weighted by atomic mass is 35.5. The number of hydrogen-bond acceptors (Lipinski definition) is 2. The van der Waals surface area contributed by atoms with Crippen LogP contribution >= 0.6 is 11.6 Å². The van der Waals surface area contributed by atoms with E-state index in [0.717, 1.165) is 0 Å². The number of hydrogen-bond donors (Lipinski definition) is 1. The maximum Gasteiger partial charge on any atom is 0.282 e. The topological polar surface area (TPSA) is 43.8 Å². The first-order chi connectivity index (χ1) is 7.58. The molecule has 2 N–H and O–H groups in total. The highest BCUT2D eigenvalue weighted by Gasteiger charge is 2.12. The summed E-state index contributed by atoms with van der Waals surface area (Å²) in [5.41, 5.74) is 6.33. The van der Waals surface area contributed by atoms with E-state index in [1.165, 1.54) is 16.9 Å². The lowest BCUT2D eigenvalue weighted by Crippen LogP contribution is -2.01. The molecule has 84 valence electrons. The zero-order valence-corrected chi connectivity index (χ0v) is 8.83. The number of rotatable bonds is 2. The number of alkyl halides is 2. The molecule has 0 radical (unpaired) electrons. The van der Waals surface area contributed by atoms with E-state index in [4.69, 9.17) is 17.3 Å². The van der Waals surface area contributed by atoms with Crippen LogP contribution < -0.4 is 5.73 Å². The summed E-state index contributed by atoms with van der Waals surface area (Å²) in [6.07, 6.45) is -1.16. The largest absolute Gasteiger partial charge is 0.397 e. The molecule has 0 aliphatic heterocycles. The van der Waals surface area contributed by atoms with Crippen LogP contribution in [-0.2, 0) is 0 Å². The molecule has 2 aromatic rings. The second-order valence-electron chi connectivity index (χ2n) is 3.19. The van der Waals surface area contributed by atoms with Crippen LogP contribution in [-0.4, -0.2) is 9.78 Å². The van der Waals surface area contributed by atoms with Crippen molar-refractivity contribution in [3.8, 4) is 5.69 Å². The first-order valence-corrected chi connectivity index (χ1v) is 4.85. The summed E-state index contributed by atoms with van der Waals surface area (Å²) in [6.45, 7) is 0. The Labute approximate surface area is 95.4 Å². The van der Waals surface area contributed by atoms with Crippen LogP contribution in [0.3, 0.4) is 0 Å². The molecule has 0 saturated carbocycles. The molecule has 3 nitrogen and oxygen atoms in total. The fourth-order valence-corrected chi connectivity index (χ4v) is 1.50. The second-order valence-corrected chi connectivity index (χ2v) is 3.63. The lowest BCUT2D eigenvalue weighted by atomic mass is 10.3. The van der Waals surface area contributed by atoms with Gasteiger partial charge >= 0.3 is 0 Å². The van der Waals surface area contributed by atoms with Gasteiger partial charge in [0.25, 0.3) is 6.43 Å². The minimum Gasteiger partial charge on any atom is -0.397 e. The molecule has 0 unspecified atom stereocenters. The molecule has 0 atom stereocenters. The molecular weight excluding hydrogens is 236 g/mol. The van der Waals surface area contributed by atoms with Gasteiger partial charge in [-0.3, -0.25) is 0 Å². The van der Waals surface area contributed by atoms with Crippen molar-refractivity contribution < 1.29 is 8.78 Å². The van der Waals surface area contributed by atoms with E-state index in [2.05, 4.69) is 5.10 Å². The van der Waals surface area contributed by atoms with Crippen LogP contribution in [0.25, 0.3) is 5.69 Å². The van der Waals surface area contributed by atoms with Gasteiger partial charge < -0.3 is 5.73 Å². The third-order valence-corrected chi connectivity index (χ3v) is 2.30. The van der Waals surface area contributed by atoms with Crippen molar-refractivity contribution in [1.82, 2.24) is 9.78 Å². The Morgan fingerprint density at radius 2 is 2.06 bits per heavy atom. The van der Waals surface area contributed by atoms with E-state index >= 15 is 0 Å². The third kappa shape index (κ3) is 1.99. The average molecular weight is 244 g/mol. The molecule has 0 saturated heterocycles. The number of benzene rings is 1. The maximum atomic E-state index is 12.3. The van der Waals surface area contributed by atoms with Gasteiger partial charge in [0.1, 0.15) is 5.69 Å². The number of anilines is 1. The molecule has 2 rings (SSSR count). The van der Waals surface area contributed by atoms with Crippen LogP contribution in [0.4, 0.5) is 14.5 Å². The fourth-order valence-electron chi connectivity index (χ4n) is 1.32. The summed E-state index contributed by atoms with van der Waals surface area (Å²) in [7, 11) is 0. The summed E-state index contributed by atoms with van der Waals surface area (Å²) in [5, 5.41) is 4.20. The molecule has 6 heteroatoms. The van der Waals surface area contributed by atoms with Crippen LogP contribution in [0.15, 0.2) is 30.5 Å². The van der Waals surface area contributed by atoms with Gasteiger partial charge in [0.2, 0.25) is 0 Å². The van der Waals surface area contributed by atoms with Crippen molar-refractivity contribution in [2.45, 2.75) is 6.43 Å². The van der Waals surface area contributed by atoms with E-state index in [9.17, 15) is 8.78 Å². The third-order valence-electron chi connectivity index (χ3n) is 2.07. The SMILES string of the molecule is Nc1cc(Cl)ccc1-n1ccc(C(F)F)n1. The first kappa shape index (κ1) is 10.9. The summed E-state index contributed by atoms with van der Waals surface area (Å²) in [6, 6.07) is 6.04. The molecule has 1 heterocycles. The summed E-state index contributed by atoms with van der Waals surface area (Å²) in [5.74, 6) is 0. The normalized spacial score (nSPS) is 11.0. The minimum atomic E-state index is -2.59. The van der Waals surface area contributed by atoms with Gasteiger partial charge in [-0.05, 0) is 24.3 Å². The highest BCUT2D eigenvalue weighted by Crippen LogP contribution is 2.23. The van der Waals surface area contributed by atoms with E-state index in [1.54, 1.807) is 18.2 Å². The Balaban J connectivity index is 2.42. The van der Waals surface area contributed by atoms with Crippen molar-refractivity contribution in [2.75, 3.05) is 5.73 Å². The van der Waals surface area contributed by atoms with Gasteiger partial charge in [0.15, 0.2) is 0 Å². The Hall–Kier alpha value is -1.62. The van der Waals surface area contributed by atoms with Gasteiger partial charge in [-0.15, -0.1) is 0 Å². The van der Waals surface area contributed by atoms with E-state index in [1.807, 2.05) is 0 Å². The molecule has 0 aliphatic rings. The summed E-state index contributed by atoms with van der Waals surface area (Å²) < 4.78 is 26.0. The lowest BCUT2D eigenvalue weighted by molar-refractivity contribution is 0.145. The number of aromatic nitrogens is 2. The van der Waals surface area contributed by atoms with Crippen LogP contribution in [0.2, 0.25) is 5.02 Å². The summed E-state index contributed by atoms with van der Waals surface area (Å²) in [4.78, 5) is 0. The maximum absolute atomic E-state index is 12.3. The smallest absolute Gasteiger partial charge is 0.282 e. The molecule has 0 spiro atoms. The average Bonchev–Trinajstić information content (AvgIpc) is 2.66. The van der Waals surface area contributed by atoms with Gasteiger partial charge in [-0.25, -0.2) is 13.5 Å². The van der Waals surface area contributed by atoms with Crippen molar-refractivity contribution in [3.63, 3.8) is 0 Å². The molecule has 16 heavy (non-hydrogen) atoms. The molecule has 0 amide bonds. The lowest BCUT2D eigenvalue weighted by Gasteiger charge is -2.05. The van der Waals surface area contributed by atoms with Crippen molar-refractivity contribution in [1.29, 1.82) is 0 Å². The van der Waals surface area contributed by atoms with Gasteiger partial charge in [-0.2, -0.15) is 5.10 Å². The van der Waals surface area contributed by atoms with Gasteiger partial charge in [0.05, 0.1) is 11.4 Å². The Bertz CT molecular complexity index is 511. The van der Waals surface area contributed by atoms with Crippen LogP contribution in [0.5, 0.6) is 0 Å². The zero-order valence-electron chi connectivity index (χ0n) is 8.07. The van der Waals surface area contributed by atoms with Crippen molar-refractivity contribution >= 4 is 17.3 Å². The fraction of sp³-hybridized carbons (Fsp3) is 0.100. The monoisotopic (exact) mass is 243 g/mol. The predicted molar refractivity (Wildman–Crippen MR) is 57.9 cm³/mol. The van der Waals surface area contributed by atoms with Crippen LogP contribution in [0.1, 0.15) is 12.1 Å². The predicted octanol–water partition coefficient (Wildman–Crippen LogP) is 3.05. The molecule has 0 fully saturated rings. The summed E-state index contributed by atoms with van der Waals surface area (Å²) >= 11 is 5.73. The standard InChI is InChI=1S/C10H8ClF2N3/c11-6-1-2-9(7(14)5-6)16-4-3-8(15-16)10(12)13/h1-5,10H,14H2. The van der Waals surface area contributed by atoms with Gasteiger partial charge in [-0.1, -0.05) is 11.6 Å². The quantitative estimate of drug-likeness (QED) is 0.824. The Kier molecular flexibility index (Phi) is 2.78. The highest BCUT2D eigenvalue weighted by molar-refractivity contribution is 6.30. The zero-order chi connectivity index (χ0) is 11.7. The number of nitrogen functional groups attached to an aromatic ring is 1. The number of halogens is 3. The van der Waals surface area contributed by atoms with Crippen molar-refractivity contribution in [2.24, 2.45) is 0 Å². The van der Waals surface area contributed by atoms with Crippen LogP contribution in [0, 0.1) is 0 Å². The molecule has 1 aromatic heterocycles. The molecule has 1 aromatic carbocycles.